The maximum absolute atomic E-state index is 5.90. The summed E-state index contributed by atoms with van der Waals surface area (Å²) < 4.78 is 11.2. The number of furan rings is 1. The van der Waals surface area contributed by atoms with E-state index >= 15 is 0 Å². The van der Waals surface area contributed by atoms with Gasteiger partial charge in [0.2, 0.25) is 0 Å². The zero-order valence-electron chi connectivity index (χ0n) is 12.0. The van der Waals surface area contributed by atoms with Crippen LogP contribution in [0.4, 0.5) is 0 Å². The third-order valence-corrected chi connectivity index (χ3v) is 3.11. The number of allylic oxidation sites excluding steroid dienone is 1. The predicted octanol–water partition coefficient (Wildman–Crippen LogP) is 4.06. The van der Waals surface area contributed by atoms with E-state index < -0.39 is 0 Å². The molecule has 3 nitrogen and oxygen atoms in total. The van der Waals surface area contributed by atoms with Gasteiger partial charge in [-0.25, -0.2) is 0 Å². The van der Waals surface area contributed by atoms with Crippen molar-refractivity contribution in [3.8, 4) is 5.75 Å². The Hall–Kier alpha value is -1.74. The van der Waals surface area contributed by atoms with Gasteiger partial charge in [-0.3, -0.25) is 0 Å². The molecule has 3 heteroatoms. The Morgan fingerprint density at radius 2 is 2.21 bits per heavy atom. The zero-order valence-corrected chi connectivity index (χ0v) is 12.0. The molecule has 19 heavy (non-hydrogen) atoms. The van der Waals surface area contributed by atoms with Crippen LogP contribution in [0.3, 0.4) is 0 Å². The van der Waals surface area contributed by atoms with Gasteiger partial charge in [0.25, 0.3) is 0 Å². The molecule has 0 fully saturated rings. The fourth-order valence-corrected chi connectivity index (χ4v) is 1.97. The van der Waals surface area contributed by atoms with E-state index in [1.807, 2.05) is 18.2 Å². The summed E-state index contributed by atoms with van der Waals surface area (Å²) in [5.41, 5.74) is 2.13. The van der Waals surface area contributed by atoms with Gasteiger partial charge < -0.3 is 14.5 Å². The van der Waals surface area contributed by atoms with Crippen LogP contribution in [0.1, 0.15) is 32.6 Å². The fourth-order valence-electron chi connectivity index (χ4n) is 1.97. The summed E-state index contributed by atoms with van der Waals surface area (Å²) in [7, 11) is 1.66. The van der Waals surface area contributed by atoms with E-state index in [1.54, 1.807) is 7.11 Å². The van der Waals surface area contributed by atoms with E-state index in [0.29, 0.717) is 0 Å². The molecule has 0 radical (unpaired) electrons. The molecule has 0 aliphatic carbocycles. The van der Waals surface area contributed by atoms with Crippen molar-refractivity contribution >= 4 is 11.0 Å². The number of hydrogen-bond donors (Lipinski definition) is 1. The SMILES string of the molecule is COc1cccc2cc(C(C)NCC=C(C)C)oc12. The van der Waals surface area contributed by atoms with Crippen molar-refractivity contribution in [3.05, 3.63) is 41.7 Å². The molecule has 0 amide bonds. The van der Waals surface area contributed by atoms with Crippen LogP contribution in [0.2, 0.25) is 0 Å². The highest BCUT2D eigenvalue weighted by atomic mass is 16.5. The summed E-state index contributed by atoms with van der Waals surface area (Å²) in [5, 5.41) is 4.49. The van der Waals surface area contributed by atoms with Gasteiger partial charge in [-0.05, 0) is 32.9 Å². The number of ether oxygens (including phenoxy) is 1. The van der Waals surface area contributed by atoms with Crippen LogP contribution in [0.15, 0.2) is 40.3 Å². The number of nitrogens with one attached hydrogen (secondary N) is 1. The monoisotopic (exact) mass is 259 g/mol. The number of benzene rings is 1. The molecular weight excluding hydrogens is 238 g/mol. The van der Waals surface area contributed by atoms with Crippen molar-refractivity contribution in [2.75, 3.05) is 13.7 Å². The number of rotatable bonds is 5. The van der Waals surface area contributed by atoms with Crippen LogP contribution >= 0.6 is 0 Å². The molecule has 1 aromatic carbocycles. The lowest BCUT2D eigenvalue weighted by atomic mass is 10.2. The summed E-state index contributed by atoms with van der Waals surface area (Å²) in [6.07, 6.45) is 2.17. The predicted molar refractivity (Wildman–Crippen MR) is 78.6 cm³/mol. The maximum Gasteiger partial charge on any atom is 0.176 e. The molecule has 0 spiro atoms. The Kier molecular flexibility index (Phi) is 4.27. The first kappa shape index (κ1) is 13.7. The first-order chi connectivity index (χ1) is 9.11. The van der Waals surface area contributed by atoms with Crippen molar-refractivity contribution in [1.82, 2.24) is 5.32 Å². The van der Waals surface area contributed by atoms with E-state index in [-0.39, 0.29) is 6.04 Å². The van der Waals surface area contributed by atoms with Crippen molar-refractivity contribution in [2.45, 2.75) is 26.8 Å². The highest BCUT2D eigenvalue weighted by Gasteiger charge is 2.13. The Morgan fingerprint density at radius 3 is 2.89 bits per heavy atom. The Balaban J connectivity index is 2.18. The van der Waals surface area contributed by atoms with Crippen LogP contribution in [0, 0.1) is 0 Å². The largest absolute Gasteiger partial charge is 0.493 e. The lowest BCUT2D eigenvalue weighted by Gasteiger charge is -2.09. The molecule has 1 N–H and O–H groups in total. The summed E-state index contributed by atoms with van der Waals surface area (Å²) in [6, 6.07) is 8.16. The van der Waals surface area contributed by atoms with Crippen LogP contribution in [-0.2, 0) is 0 Å². The average Bonchev–Trinajstić information content (AvgIpc) is 2.81. The highest BCUT2D eigenvalue weighted by molar-refractivity contribution is 5.83. The van der Waals surface area contributed by atoms with Gasteiger partial charge in [0, 0.05) is 11.9 Å². The van der Waals surface area contributed by atoms with E-state index in [4.69, 9.17) is 9.15 Å². The number of methoxy groups -OCH3 is 1. The summed E-state index contributed by atoms with van der Waals surface area (Å²) in [6.45, 7) is 7.14. The van der Waals surface area contributed by atoms with Crippen LogP contribution in [-0.4, -0.2) is 13.7 Å². The van der Waals surface area contributed by atoms with E-state index in [2.05, 4.69) is 38.2 Å². The van der Waals surface area contributed by atoms with Gasteiger partial charge in [0.1, 0.15) is 5.76 Å². The molecule has 0 saturated carbocycles. The standard InChI is InChI=1S/C16H21NO2/c1-11(2)8-9-17-12(3)15-10-13-6-5-7-14(18-4)16(13)19-15/h5-8,10,12,17H,9H2,1-4H3. The fraction of sp³-hybridized carbons (Fsp3) is 0.375. The minimum Gasteiger partial charge on any atom is -0.493 e. The van der Waals surface area contributed by atoms with Gasteiger partial charge >= 0.3 is 0 Å². The van der Waals surface area contributed by atoms with Crippen LogP contribution < -0.4 is 10.1 Å². The number of hydrogen-bond acceptors (Lipinski definition) is 3. The minimum atomic E-state index is 0.174. The van der Waals surface area contributed by atoms with Gasteiger partial charge in [-0.2, -0.15) is 0 Å². The molecule has 0 aliphatic heterocycles. The molecule has 1 unspecified atom stereocenters. The third kappa shape index (κ3) is 3.18. The number of fused-ring (bicyclic) bond motifs is 1. The molecule has 1 heterocycles. The van der Waals surface area contributed by atoms with Gasteiger partial charge in [0.05, 0.1) is 13.2 Å². The third-order valence-electron chi connectivity index (χ3n) is 3.11. The lowest BCUT2D eigenvalue weighted by Crippen LogP contribution is -2.18. The smallest absolute Gasteiger partial charge is 0.176 e. The minimum absolute atomic E-state index is 0.174. The molecule has 0 aliphatic rings. The Morgan fingerprint density at radius 1 is 1.42 bits per heavy atom. The molecular formula is C16H21NO2. The van der Waals surface area contributed by atoms with Crippen LogP contribution in [0.25, 0.3) is 11.0 Å². The van der Waals surface area contributed by atoms with Gasteiger partial charge in [-0.1, -0.05) is 23.8 Å². The molecule has 2 aromatic rings. The topological polar surface area (TPSA) is 34.4 Å². The number of para-hydroxylation sites is 1. The molecule has 1 aromatic heterocycles. The molecule has 0 bridgehead atoms. The zero-order chi connectivity index (χ0) is 13.8. The summed E-state index contributed by atoms with van der Waals surface area (Å²) in [4.78, 5) is 0. The maximum atomic E-state index is 5.90. The quantitative estimate of drug-likeness (QED) is 0.822. The first-order valence-electron chi connectivity index (χ1n) is 6.55. The Labute approximate surface area is 114 Å². The average molecular weight is 259 g/mol. The van der Waals surface area contributed by atoms with E-state index in [1.165, 1.54) is 5.57 Å². The second-order valence-electron chi connectivity index (χ2n) is 4.94. The first-order valence-corrected chi connectivity index (χ1v) is 6.55. The normalized spacial score (nSPS) is 12.4. The second kappa shape index (κ2) is 5.93. The molecule has 1 atom stereocenters. The lowest BCUT2D eigenvalue weighted by molar-refractivity contribution is 0.401. The molecule has 102 valence electrons. The van der Waals surface area contributed by atoms with Crippen molar-refractivity contribution in [1.29, 1.82) is 0 Å². The van der Waals surface area contributed by atoms with Gasteiger partial charge in [0.15, 0.2) is 11.3 Å². The van der Waals surface area contributed by atoms with Crippen molar-refractivity contribution in [2.24, 2.45) is 0 Å². The summed E-state index contributed by atoms with van der Waals surface area (Å²) >= 11 is 0. The summed E-state index contributed by atoms with van der Waals surface area (Å²) in [5.74, 6) is 1.71. The Bertz CT molecular complexity index is 579. The van der Waals surface area contributed by atoms with E-state index in [0.717, 1.165) is 29.0 Å². The van der Waals surface area contributed by atoms with Gasteiger partial charge in [-0.15, -0.1) is 0 Å². The second-order valence-corrected chi connectivity index (χ2v) is 4.94. The van der Waals surface area contributed by atoms with E-state index in [9.17, 15) is 0 Å². The molecule has 2 rings (SSSR count). The van der Waals surface area contributed by atoms with Crippen LogP contribution in [0.5, 0.6) is 5.75 Å². The molecule has 0 saturated heterocycles. The highest BCUT2D eigenvalue weighted by Crippen LogP contribution is 2.30. The van der Waals surface area contributed by atoms with Crippen molar-refractivity contribution in [3.63, 3.8) is 0 Å². The van der Waals surface area contributed by atoms with Crippen molar-refractivity contribution < 1.29 is 9.15 Å².